The van der Waals surface area contributed by atoms with Crippen molar-refractivity contribution in [2.45, 2.75) is 26.3 Å². The molecule has 1 amide bonds. The second-order valence-corrected chi connectivity index (χ2v) is 5.74. The summed E-state index contributed by atoms with van der Waals surface area (Å²) in [6.07, 6.45) is 5.07. The molecule has 0 fully saturated rings. The Labute approximate surface area is 144 Å². The van der Waals surface area contributed by atoms with Crippen molar-refractivity contribution in [1.29, 1.82) is 0 Å². The van der Waals surface area contributed by atoms with E-state index in [9.17, 15) is 14.9 Å². The van der Waals surface area contributed by atoms with Crippen LogP contribution in [0.15, 0.2) is 36.7 Å². The molecule has 8 nitrogen and oxygen atoms in total. The molecule has 0 bridgehead atoms. The van der Waals surface area contributed by atoms with Gasteiger partial charge in [-0.1, -0.05) is 25.1 Å². The van der Waals surface area contributed by atoms with Gasteiger partial charge < -0.3 is 20.4 Å². The standard InChI is InChI=1S/C17H19N5O3/c1-2-12-4-3-5-14-13(10-19-17(12)14)6-8-18-16(23)11-21-9-7-15(20-21)22(24)25/h3-5,7,9-10,19H,2,6,8,11H2,1H3,(H,18,23). The van der Waals surface area contributed by atoms with Gasteiger partial charge in [0.05, 0.1) is 17.4 Å². The highest BCUT2D eigenvalue weighted by Crippen LogP contribution is 2.22. The van der Waals surface area contributed by atoms with Crippen LogP contribution in [0.3, 0.4) is 0 Å². The highest BCUT2D eigenvalue weighted by Gasteiger charge is 2.13. The SMILES string of the molecule is CCc1cccc2c(CCNC(=O)Cn3ccc([N+](=O)[O-])n3)c[nH]c12. The number of hydrogen-bond donors (Lipinski definition) is 2. The third-order valence-corrected chi connectivity index (χ3v) is 4.10. The van der Waals surface area contributed by atoms with Gasteiger partial charge in [-0.3, -0.25) is 4.79 Å². The van der Waals surface area contributed by atoms with Crippen molar-refractivity contribution in [2.75, 3.05) is 6.54 Å². The number of carbonyl (C=O) groups is 1. The van der Waals surface area contributed by atoms with Gasteiger partial charge in [-0.15, -0.1) is 0 Å². The summed E-state index contributed by atoms with van der Waals surface area (Å²) in [6, 6.07) is 7.49. The van der Waals surface area contributed by atoms with Gasteiger partial charge in [-0.05, 0) is 28.9 Å². The van der Waals surface area contributed by atoms with Crippen LogP contribution < -0.4 is 5.32 Å². The summed E-state index contributed by atoms with van der Waals surface area (Å²) < 4.78 is 1.26. The number of nitrogens with zero attached hydrogens (tertiary/aromatic N) is 3. The first kappa shape index (κ1) is 16.7. The molecule has 2 heterocycles. The molecule has 0 aliphatic carbocycles. The van der Waals surface area contributed by atoms with Crippen LogP contribution in [-0.4, -0.2) is 32.1 Å². The lowest BCUT2D eigenvalue weighted by Crippen LogP contribution is -2.29. The van der Waals surface area contributed by atoms with Crippen LogP contribution in [0, 0.1) is 10.1 Å². The zero-order valence-electron chi connectivity index (χ0n) is 13.9. The molecule has 0 radical (unpaired) electrons. The Hall–Kier alpha value is -3.16. The van der Waals surface area contributed by atoms with Crippen molar-refractivity contribution in [3.8, 4) is 0 Å². The number of nitrogens with one attached hydrogen (secondary N) is 2. The highest BCUT2D eigenvalue weighted by atomic mass is 16.6. The topological polar surface area (TPSA) is 106 Å². The molecule has 130 valence electrons. The van der Waals surface area contributed by atoms with E-state index in [1.165, 1.54) is 27.9 Å². The summed E-state index contributed by atoms with van der Waals surface area (Å²) in [7, 11) is 0. The predicted molar refractivity (Wildman–Crippen MR) is 93.3 cm³/mol. The Morgan fingerprint density at radius 3 is 2.92 bits per heavy atom. The van der Waals surface area contributed by atoms with Crippen molar-refractivity contribution in [3.63, 3.8) is 0 Å². The Kier molecular flexibility index (Phi) is 4.78. The van der Waals surface area contributed by atoms with Crippen molar-refractivity contribution in [1.82, 2.24) is 20.1 Å². The first-order chi connectivity index (χ1) is 12.1. The molecule has 0 spiro atoms. The molecular weight excluding hydrogens is 322 g/mol. The van der Waals surface area contributed by atoms with Gasteiger partial charge in [0.2, 0.25) is 5.91 Å². The normalized spacial score (nSPS) is 10.9. The van der Waals surface area contributed by atoms with Gasteiger partial charge in [0.15, 0.2) is 0 Å². The van der Waals surface area contributed by atoms with E-state index in [4.69, 9.17) is 0 Å². The van der Waals surface area contributed by atoms with Crippen LogP contribution in [0.25, 0.3) is 10.9 Å². The maximum absolute atomic E-state index is 11.9. The number of amides is 1. The summed E-state index contributed by atoms with van der Waals surface area (Å²) in [5, 5.41) is 18.3. The number of fused-ring (bicyclic) bond motifs is 1. The quantitative estimate of drug-likeness (QED) is 0.507. The molecule has 2 aromatic heterocycles. The molecule has 0 saturated carbocycles. The van der Waals surface area contributed by atoms with Gasteiger partial charge in [0, 0.05) is 23.6 Å². The van der Waals surface area contributed by atoms with Crippen LogP contribution >= 0.6 is 0 Å². The largest absolute Gasteiger partial charge is 0.389 e. The molecule has 0 aliphatic heterocycles. The number of H-pyrrole nitrogens is 1. The Morgan fingerprint density at radius 2 is 2.20 bits per heavy atom. The average Bonchev–Trinajstić information content (AvgIpc) is 3.22. The van der Waals surface area contributed by atoms with Gasteiger partial charge in [-0.25, -0.2) is 0 Å². The first-order valence-corrected chi connectivity index (χ1v) is 8.11. The lowest BCUT2D eigenvalue weighted by Gasteiger charge is -2.04. The number of aromatic nitrogens is 3. The van der Waals surface area contributed by atoms with Crippen LogP contribution in [0.5, 0.6) is 0 Å². The van der Waals surface area contributed by atoms with Crippen molar-refractivity contribution >= 4 is 22.6 Å². The Bertz CT molecular complexity index is 912. The fraction of sp³-hybridized carbons (Fsp3) is 0.294. The van der Waals surface area contributed by atoms with Crippen molar-refractivity contribution < 1.29 is 9.72 Å². The summed E-state index contributed by atoms with van der Waals surface area (Å²) in [6.45, 7) is 2.57. The maximum Gasteiger partial charge on any atom is 0.389 e. The van der Waals surface area contributed by atoms with Crippen LogP contribution in [-0.2, 0) is 24.2 Å². The number of aromatic amines is 1. The molecule has 1 aromatic carbocycles. The highest BCUT2D eigenvalue weighted by molar-refractivity contribution is 5.86. The van der Waals surface area contributed by atoms with Gasteiger partial charge in [0.25, 0.3) is 0 Å². The number of hydrogen-bond acceptors (Lipinski definition) is 4. The van der Waals surface area contributed by atoms with Gasteiger partial charge in [0.1, 0.15) is 6.54 Å². The zero-order valence-corrected chi connectivity index (χ0v) is 13.9. The summed E-state index contributed by atoms with van der Waals surface area (Å²) in [5.41, 5.74) is 3.57. The summed E-state index contributed by atoms with van der Waals surface area (Å²) in [4.78, 5) is 25.2. The number of rotatable bonds is 7. The second-order valence-electron chi connectivity index (χ2n) is 5.74. The monoisotopic (exact) mass is 341 g/mol. The summed E-state index contributed by atoms with van der Waals surface area (Å²) in [5.74, 6) is -0.495. The van der Waals surface area contributed by atoms with Crippen molar-refractivity contribution in [3.05, 3.63) is 57.9 Å². The molecule has 0 atom stereocenters. The van der Waals surface area contributed by atoms with Gasteiger partial charge in [-0.2, -0.15) is 4.68 Å². The van der Waals surface area contributed by atoms with E-state index < -0.39 is 4.92 Å². The minimum atomic E-state index is -0.587. The smallest absolute Gasteiger partial charge is 0.361 e. The Morgan fingerprint density at radius 1 is 1.36 bits per heavy atom. The number of para-hydroxylation sites is 1. The zero-order chi connectivity index (χ0) is 17.8. The molecule has 8 heteroatoms. The van der Waals surface area contributed by atoms with Crippen molar-refractivity contribution in [2.24, 2.45) is 0 Å². The molecule has 2 N–H and O–H groups in total. The number of carbonyl (C=O) groups excluding carboxylic acids is 1. The molecule has 25 heavy (non-hydrogen) atoms. The minimum absolute atomic E-state index is 0.0400. The maximum atomic E-state index is 11.9. The third kappa shape index (κ3) is 3.68. The first-order valence-electron chi connectivity index (χ1n) is 8.11. The third-order valence-electron chi connectivity index (χ3n) is 4.10. The van der Waals surface area contributed by atoms with E-state index >= 15 is 0 Å². The van der Waals surface area contributed by atoms with Crippen LogP contribution in [0.1, 0.15) is 18.1 Å². The minimum Gasteiger partial charge on any atom is -0.361 e. The predicted octanol–water partition coefficient (Wildman–Crippen LogP) is 2.19. The average molecular weight is 341 g/mol. The molecular formula is C17H19N5O3. The lowest BCUT2D eigenvalue weighted by molar-refractivity contribution is -0.389. The van der Waals surface area contributed by atoms with E-state index in [2.05, 4.69) is 34.5 Å². The van der Waals surface area contributed by atoms with E-state index in [0.29, 0.717) is 13.0 Å². The molecule has 3 rings (SSSR count). The van der Waals surface area contributed by atoms with Crippen LogP contribution in [0.2, 0.25) is 0 Å². The lowest BCUT2D eigenvalue weighted by atomic mass is 10.1. The number of nitro groups is 1. The van der Waals surface area contributed by atoms with E-state index in [0.717, 1.165) is 17.5 Å². The Balaban J connectivity index is 1.55. The van der Waals surface area contributed by atoms with E-state index in [1.54, 1.807) is 0 Å². The summed E-state index contributed by atoms with van der Waals surface area (Å²) >= 11 is 0. The fourth-order valence-corrected chi connectivity index (χ4v) is 2.85. The number of benzene rings is 1. The molecule has 0 saturated heterocycles. The second kappa shape index (κ2) is 7.16. The van der Waals surface area contributed by atoms with E-state index in [1.807, 2.05) is 12.3 Å². The number of aryl methyl sites for hydroxylation is 1. The molecule has 0 aliphatic rings. The van der Waals surface area contributed by atoms with E-state index in [-0.39, 0.29) is 18.3 Å². The fourth-order valence-electron chi connectivity index (χ4n) is 2.85. The molecule has 0 unspecified atom stereocenters. The molecule has 3 aromatic rings. The van der Waals surface area contributed by atoms with Crippen LogP contribution in [0.4, 0.5) is 5.82 Å². The van der Waals surface area contributed by atoms with Gasteiger partial charge >= 0.3 is 5.82 Å².